The molecule has 0 heterocycles. The number of hydrogen-bond acceptors (Lipinski definition) is 2. The van der Waals surface area contributed by atoms with Crippen LogP contribution in [0.2, 0.25) is 5.02 Å². The number of carbonyl (C=O) groups is 1. The summed E-state index contributed by atoms with van der Waals surface area (Å²) in [6.45, 7) is 5.73. The van der Waals surface area contributed by atoms with Gasteiger partial charge in [-0.05, 0) is 55.7 Å². The maximum atomic E-state index is 12.1. The van der Waals surface area contributed by atoms with Crippen LogP contribution in [-0.4, -0.2) is 12.5 Å². The van der Waals surface area contributed by atoms with E-state index in [-0.39, 0.29) is 12.5 Å². The maximum Gasteiger partial charge on any atom is 0.262 e. The molecular weight excluding hydrogens is 366 g/mol. The largest absolute Gasteiger partial charge is 0.482 e. The van der Waals surface area contributed by atoms with Crippen LogP contribution in [0.3, 0.4) is 0 Å². The van der Waals surface area contributed by atoms with Gasteiger partial charge in [0, 0.05) is 10.2 Å². The topological polar surface area (TPSA) is 38.3 Å². The monoisotopic (exact) mass is 381 g/mol. The van der Waals surface area contributed by atoms with E-state index >= 15 is 0 Å². The smallest absolute Gasteiger partial charge is 0.262 e. The number of halogens is 2. The van der Waals surface area contributed by atoms with Gasteiger partial charge in [-0.1, -0.05) is 39.7 Å². The zero-order valence-electron chi connectivity index (χ0n) is 12.7. The fraction of sp³-hybridized carbons (Fsp3) is 0.235. The predicted molar refractivity (Wildman–Crippen MR) is 93.9 cm³/mol. The van der Waals surface area contributed by atoms with Crippen molar-refractivity contribution >= 4 is 39.1 Å². The molecule has 0 bridgehead atoms. The lowest BCUT2D eigenvalue weighted by Crippen LogP contribution is -2.21. The highest BCUT2D eigenvalue weighted by Crippen LogP contribution is 2.32. The lowest BCUT2D eigenvalue weighted by molar-refractivity contribution is -0.118. The Morgan fingerprint density at radius 3 is 2.59 bits per heavy atom. The van der Waals surface area contributed by atoms with Gasteiger partial charge in [-0.3, -0.25) is 4.79 Å². The van der Waals surface area contributed by atoms with E-state index in [1.54, 1.807) is 6.07 Å². The molecule has 0 aliphatic rings. The number of benzene rings is 2. The van der Waals surface area contributed by atoms with Gasteiger partial charge in [0.15, 0.2) is 6.61 Å². The van der Waals surface area contributed by atoms with E-state index < -0.39 is 0 Å². The Labute approximate surface area is 143 Å². The summed E-state index contributed by atoms with van der Waals surface area (Å²) in [4.78, 5) is 12.1. The van der Waals surface area contributed by atoms with Crippen LogP contribution in [0.25, 0.3) is 0 Å². The Morgan fingerprint density at radius 2 is 1.91 bits per heavy atom. The average Bonchev–Trinajstić information content (AvgIpc) is 2.41. The predicted octanol–water partition coefficient (Wildman–Crippen LogP) is 5.05. The minimum Gasteiger partial charge on any atom is -0.482 e. The third-order valence-electron chi connectivity index (χ3n) is 3.21. The standard InChI is InChI=1S/C17H17BrClNO2/c1-10-4-5-11(2)15(6-10)20-16(21)9-22-17-12(3)7-13(18)8-14(17)19/h4-8H,9H2,1-3H3,(H,20,21). The summed E-state index contributed by atoms with van der Waals surface area (Å²) in [7, 11) is 0. The molecule has 0 saturated heterocycles. The SMILES string of the molecule is Cc1ccc(C)c(NC(=O)COc2c(C)cc(Br)cc2Cl)c1. The minimum absolute atomic E-state index is 0.0877. The van der Waals surface area contributed by atoms with E-state index in [1.165, 1.54) is 0 Å². The minimum atomic E-state index is -0.216. The Kier molecular flexibility index (Phi) is 5.48. The number of ether oxygens (including phenoxy) is 1. The third kappa shape index (κ3) is 4.24. The summed E-state index contributed by atoms with van der Waals surface area (Å²) in [6, 6.07) is 9.55. The molecule has 116 valence electrons. The number of carbonyl (C=O) groups excluding carboxylic acids is 1. The van der Waals surface area contributed by atoms with E-state index in [1.807, 2.05) is 45.0 Å². The second kappa shape index (κ2) is 7.16. The van der Waals surface area contributed by atoms with Crippen LogP contribution in [0.4, 0.5) is 5.69 Å². The van der Waals surface area contributed by atoms with Gasteiger partial charge in [0.05, 0.1) is 5.02 Å². The highest BCUT2D eigenvalue weighted by Gasteiger charge is 2.11. The molecule has 0 radical (unpaired) electrons. The van der Waals surface area contributed by atoms with E-state index in [0.29, 0.717) is 10.8 Å². The van der Waals surface area contributed by atoms with Gasteiger partial charge in [-0.25, -0.2) is 0 Å². The van der Waals surface area contributed by atoms with Gasteiger partial charge in [0.25, 0.3) is 5.91 Å². The lowest BCUT2D eigenvalue weighted by atomic mass is 10.1. The van der Waals surface area contributed by atoms with Crippen molar-refractivity contribution < 1.29 is 9.53 Å². The molecule has 2 aromatic carbocycles. The molecule has 0 atom stereocenters. The molecular formula is C17H17BrClNO2. The number of amides is 1. The fourth-order valence-corrected chi connectivity index (χ4v) is 3.09. The Morgan fingerprint density at radius 1 is 1.18 bits per heavy atom. The van der Waals surface area contributed by atoms with Crippen molar-refractivity contribution in [3.63, 3.8) is 0 Å². The average molecular weight is 383 g/mol. The van der Waals surface area contributed by atoms with Crippen LogP contribution in [0.5, 0.6) is 5.75 Å². The van der Waals surface area contributed by atoms with Crippen molar-refractivity contribution in [3.05, 3.63) is 56.5 Å². The highest BCUT2D eigenvalue weighted by atomic mass is 79.9. The van der Waals surface area contributed by atoms with Crippen molar-refractivity contribution in [3.8, 4) is 5.75 Å². The molecule has 0 aromatic heterocycles. The van der Waals surface area contributed by atoms with Gasteiger partial charge >= 0.3 is 0 Å². The first-order chi connectivity index (χ1) is 10.4. The van der Waals surface area contributed by atoms with E-state index in [0.717, 1.165) is 26.9 Å². The van der Waals surface area contributed by atoms with Crippen LogP contribution >= 0.6 is 27.5 Å². The normalized spacial score (nSPS) is 10.4. The zero-order valence-corrected chi connectivity index (χ0v) is 15.0. The fourth-order valence-electron chi connectivity index (χ4n) is 2.07. The van der Waals surface area contributed by atoms with Gasteiger partial charge in [-0.2, -0.15) is 0 Å². The third-order valence-corrected chi connectivity index (χ3v) is 3.95. The van der Waals surface area contributed by atoms with Crippen molar-refractivity contribution in [2.45, 2.75) is 20.8 Å². The molecule has 0 fully saturated rings. The second-order valence-corrected chi connectivity index (χ2v) is 6.51. The van der Waals surface area contributed by atoms with Gasteiger partial charge in [0.1, 0.15) is 5.75 Å². The number of hydrogen-bond donors (Lipinski definition) is 1. The van der Waals surface area contributed by atoms with Crippen LogP contribution in [0.1, 0.15) is 16.7 Å². The van der Waals surface area contributed by atoms with Crippen LogP contribution in [0, 0.1) is 20.8 Å². The quantitative estimate of drug-likeness (QED) is 0.804. The Balaban J connectivity index is 2.03. The molecule has 1 N–H and O–H groups in total. The number of anilines is 1. The van der Waals surface area contributed by atoms with Gasteiger partial charge < -0.3 is 10.1 Å². The van der Waals surface area contributed by atoms with Crippen molar-refractivity contribution in [1.82, 2.24) is 0 Å². The molecule has 0 aliphatic heterocycles. The summed E-state index contributed by atoms with van der Waals surface area (Å²) in [5, 5.41) is 3.33. The van der Waals surface area contributed by atoms with Crippen molar-refractivity contribution in [2.75, 3.05) is 11.9 Å². The van der Waals surface area contributed by atoms with E-state index in [9.17, 15) is 4.79 Å². The lowest BCUT2D eigenvalue weighted by Gasteiger charge is -2.13. The molecule has 0 unspecified atom stereocenters. The van der Waals surface area contributed by atoms with Gasteiger partial charge in [0.2, 0.25) is 0 Å². The summed E-state index contributed by atoms with van der Waals surface area (Å²) in [5.41, 5.74) is 3.77. The summed E-state index contributed by atoms with van der Waals surface area (Å²) in [5.74, 6) is 0.313. The first kappa shape index (κ1) is 16.8. The Bertz CT molecular complexity index is 693. The maximum absolute atomic E-state index is 12.1. The zero-order chi connectivity index (χ0) is 16.3. The first-order valence-corrected chi connectivity index (χ1v) is 7.99. The summed E-state index contributed by atoms with van der Waals surface area (Å²) < 4.78 is 6.44. The van der Waals surface area contributed by atoms with Crippen molar-refractivity contribution in [2.24, 2.45) is 0 Å². The molecule has 22 heavy (non-hydrogen) atoms. The Hall–Kier alpha value is -1.52. The number of aryl methyl sites for hydroxylation is 3. The van der Waals surface area contributed by atoms with Crippen LogP contribution in [0.15, 0.2) is 34.8 Å². The van der Waals surface area contributed by atoms with E-state index in [4.69, 9.17) is 16.3 Å². The molecule has 5 heteroatoms. The molecule has 2 aromatic rings. The van der Waals surface area contributed by atoms with E-state index in [2.05, 4.69) is 21.2 Å². The molecule has 0 spiro atoms. The molecule has 1 amide bonds. The molecule has 0 saturated carbocycles. The van der Waals surface area contributed by atoms with Gasteiger partial charge in [-0.15, -0.1) is 0 Å². The number of nitrogens with one attached hydrogen (secondary N) is 1. The second-order valence-electron chi connectivity index (χ2n) is 5.19. The van der Waals surface area contributed by atoms with Crippen LogP contribution < -0.4 is 10.1 Å². The number of rotatable bonds is 4. The molecule has 3 nitrogen and oxygen atoms in total. The summed E-state index contributed by atoms with van der Waals surface area (Å²) >= 11 is 9.50. The molecule has 0 aliphatic carbocycles. The van der Waals surface area contributed by atoms with Crippen LogP contribution in [-0.2, 0) is 4.79 Å². The highest BCUT2D eigenvalue weighted by molar-refractivity contribution is 9.10. The molecule has 2 rings (SSSR count). The summed E-state index contributed by atoms with van der Waals surface area (Å²) in [6.07, 6.45) is 0. The first-order valence-electron chi connectivity index (χ1n) is 6.82. The van der Waals surface area contributed by atoms with Crippen molar-refractivity contribution in [1.29, 1.82) is 0 Å².